The first-order valence-corrected chi connectivity index (χ1v) is 7.68. The molecular formula is C15H24ClN3O. The van der Waals surface area contributed by atoms with E-state index in [0.29, 0.717) is 6.54 Å². The van der Waals surface area contributed by atoms with Crippen LogP contribution in [0.1, 0.15) is 6.92 Å². The standard InChI is InChI=1S/C15H24ClN3O/c1-2-17-11-15(20)12-18-6-8-19(9-7-18)14-5-3-4-13(16)10-14/h3-5,10,15,17,20H,2,6-9,11-12H2,1H3. The maximum atomic E-state index is 9.92. The molecular weight excluding hydrogens is 274 g/mol. The summed E-state index contributed by atoms with van der Waals surface area (Å²) in [4.78, 5) is 4.67. The second-order valence-electron chi connectivity index (χ2n) is 5.23. The average molecular weight is 298 g/mol. The lowest BCUT2D eigenvalue weighted by Crippen LogP contribution is -2.49. The summed E-state index contributed by atoms with van der Waals surface area (Å²) in [6.07, 6.45) is -0.285. The Labute approximate surface area is 126 Å². The quantitative estimate of drug-likeness (QED) is 0.833. The number of nitrogens with one attached hydrogen (secondary N) is 1. The van der Waals surface area contributed by atoms with Crippen molar-refractivity contribution in [1.29, 1.82) is 0 Å². The fraction of sp³-hybridized carbons (Fsp3) is 0.600. The zero-order valence-corrected chi connectivity index (χ0v) is 12.8. The van der Waals surface area contributed by atoms with Crippen LogP contribution < -0.4 is 10.2 Å². The molecule has 0 radical (unpaired) electrons. The van der Waals surface area contributed by atoms with Gasteiger partial charge in [-0.1, -0.05) is 24.6 Å². The molecule has 5 heteroatoms. The van der Waals surface area contributed by atoms with Gasteiger partial charge in [-0.3, -0.25) is 4.90 Å². The average Bonchev–Trinajstić information content (AvgIpc) is 2.46. The van der Waals surface area contributed by atoms with Crippen molar-refractivity contribution in [1.82, 2.24) is 10.2 Å². The summed E-state index contributed by atoms with van der Waals surface area (Å²) in [5.41, 5.74) is 1.19. The second kappa shape index (κ2) is 7.84. The minimum absolute atomic E-state index is 0.285. The summed E-state index contributed by atoms with van der Waals surface area (Å²) < 4.78 is 0. The number of hydrogen-bond acceptors (Lipinski definition) is 4. The van der Waals surface area contributed by atoms with Gasteiger partial charge >= 0.3 is 0 Å². The van der Waals surface area contributed by atoms with E-state index in [9.17, 15) is 5.11 Å². The predicted molar refractivity (Wildman–Crippen MR) is 84.7 cm³/mol. The summed E-state index contributed by atoms with van der Waals surface area (Å²) >= 11 is 6.03. The third-order valence-corrected chi connectivity index (χ3v) is 3.88. The number of aliphatic hydroxyl groups excluding tert-OH is 1. The Morgan fingerprint density at radius 2 is 2.05 bits per heavy atom. The van der Waals surface area contributed by atoms with E-state index in [2.05, 4.69) is 28.1 Å². The van der Waals surface area contributed by atoms with E-state index in [1.165, 1.54) is 5.69 Å². The molecule has 1 aromatic rings. The van der Waals surface area contributed by atoms with Crippen LogP contribution >= 0.6 is 11.6 Å². The molecule has 0 amide bonds. The monoisotopic (exact) mass is 297 g/mol. The number of aliphatic hydroxyl groups is 1. The van der Waals surface area contributed by atoms with E-state index in [1.54, 1.807) is 0 Å². The molecule has 1 aromatic carbocycles. The van der Waals surface area contributed by atoms with Crippen molar-refractivity contribution < 1.29 is 5.11 Å². The van der Waals surface area contributed by atoms with Crippen LogP contribution in [0.25, 0.3) is 0 Å². The number of hydrogen-bond donors (Lipinski definition) is 2. The fourth-order valence-corrected chi connectivity index (χ4v) is 2.72. The van der Waals surface area contributed by atoms with Gasteiger partial charge in [0.15, 0.2) is 0 Å². The van der Waals surface area contributed by atoms with Crippen LogP contribution in [-0.2, 0) is 0 Å². The topological polar surface area (TPSA) is 38.7 Å². The van der Waals surface area contributed by atoms with Gasteiger partial charge < -0.3 is 15.3 Å². The number of rotatable bonds is 6. The van der Waals surface area contributed by atoms with Gasteiger partial charge in [0.2, 0.25) is 0 Å². The van der Waals surface area contributed by atoms with E-state index in [1.807, 2.05) is 18.2 Å². The SMILES string of the molecule is CCNCC(O)CN1CCN(c2cccc(Cl)c2)CC1. The molecule has 1 aliphatic rings. The van der Waals surface area contributed by atoms with Crippen molar-refractivity contribution in [3.8, 4) is 0 Å². The molecule has 1 saturated heterocycles. The van der Waals surface area contributed by atoms with Gasteiger partial charge in [0.05, 0.1) is 6.10 Å². The molecule has 2 N–H and O–H groups in total. The molecule has 1 unspecified atom stereocenters. The van der Waals surface area contributed by atoms with Crippen LogP contribution in [0.5, 0.6) is 0 Å². The summed E-state index contributed by atoms with van der Waals surface area (Å²) in [7, 11) is 0. The van der Waals surface area contributed by atoms with Gasteiger partial charge in [0.25, 0.3) is 0 Å². The predicted octanol–water partition coefficient (Wildman–Crippen LogP) is 1.43. The van der Waals surface area contributed by atoms with Crippen LogP contribution in [0.2, 0.25) is 5.02 Å². The minimum atomic E-state index is -0.285. The third kappa shape index (κ3) is 4.63. The highest BCUT2D eigenvalue weighted by molar-refractivity contribution is 6.30. The van der Waals surface area contributed by atoms with Gasteiger partial charge in [0, 0.05) is 50.0 Å². The molecule has 4 nitrogen and oxygen atoms in total. The largest absolute Gasteiger partial charge is 0.390 e. The smallest absolute Gasteiger partial charge is 0.0791 e. The van der Waals surface area contributed by atoms with Crippen molar-refractivity contribution in [2.75, 3.05) is 50.7 Å². The molecule has 0 saturated carbocycles. The van der Waals surface area contributed by atoms with Gasteiger partial charge in [-0.2, -0.15) is 0 Å². The highest BCUT2D eigenvalue weighted by Gasteiger charge is 2.19. The second-order valence-corrected chi connectivity index (χ2v) is 5.67. The van der Waals surface area contributed by atoms with Gasteiger partial charge in [-0.05, 0) is 24.7 Å². The van der Waals surface area contributed by atoms with Crippen molar-refractivity contribution in [2.24, 2.45) is 0 Å². The maximum absolute atomic E-state index is 9.92. The molecule has 2 rings (SSSR count). The Balaban J connectivity index is 1.77. The summed E-state index contributed by atoms with van der Waals surface area (Å²) in [6, 6.07) is 8.00. The van der Waals surface area contributed by atoms with Crippen molar-refractivity contribution in [2.45, 2.75) is 13.0 Å². The number of β-amino-alcohol motifs (C(OH)–C–C–N with tert-alkyl or cyclic N) is 1. The van der Waals surface area contributed by atoms with Crippen molar-refractivity contribution >= 4 is 17.3 Å². The molecule has 0 spiro atoms. The number of halogens is 1. The van der Waals surface area contributed by atoms with E-state index < -0.39 is 0 Å². The Hall–Kier alpha value is -0.810. The number of anilines is 1. The fourth-order valence-electron chi connectivity index (χ4n) is 2.54. The molecule has 0 aromatic heterocycles. The lowest BCUT2D eigenvalue weighted by molar-refractivity contribution is 0.108. The summed E-state index contributed by atoms with van der Waals surface area (Å²) in [5.74, 6) is 0. The lowest BCUT2D eigenvalue weighted by Gasteiger charge is -2.37. The molecule has 0 aliphatic carbocycles. The number of piperazine rings is 1. The van der Waals surface area contributed by atoms with Gasteiger partial charge in [0.1, 0.15) is 0 Å². The molecule has 0 bridgehead atoms. The van der Waals surface area contributed by atoms with Crippen LogP contribution in [-0.4, -0.2) is 61.9 Å². The van der Waals surface area contributed by atoms with Crippen molar-refractivity contribution in [3.63, 3.8) is 0 Å². The van der Waals surface area contributed by atoms with Crippen molar-refractivity contribution in [3.05, 3.63) is 29.3 Å². The highest BCUT2D eigenvalue weighted by atomic mass is 35.5. The first-order valence-electron chi connectivity index (χ1n) is 7.30. The normalized spacial score (nSPS) is 18.2. The molecule has 112 valence electrons. The zero-order chi connectivity index (χ0) is 14.4. The van der Waals surface area contributed by atoms with Gasteiger partial charge in [-0.15, -0.1) is 0 Å². The molecule has 1 atom stereocenters. The Kier molecular flexibility index (Phi) is 6.10. The van der Waals surface area contributed by atoms with Crippen LogP contribution in [0.3, 0.4) is 0 Å². The summed E-state index contributed by atoms with van der Waals surface area (Å²) in [6.45, 7) is 8.30. The highest BCUT2D eigenvalue weighted by Crippen LogP contribution is 2.20. The van der Waals surface area contributed by atoms with Crippen LogP contribution in [0.4, 0.5) is 5.69 Å². The lowest BCUT2D eigenvalue weighted by atomic mass is 10.2. The third-order valence-electron chi connectivity index (χ3n) is 3.64. The van der Waals surface area contributed by atoms with E-state index in [0.717, 1.165) is 44.3 Å². The molecule has 20 heavy (non-hydrogen) atoms. The molecule has 1 fully saturated rings. The maximum Gasteiger partial charge on any atom is 0.0791 e. The number of nitrogens with zero attached hydrogens (tertiary/aromatic N) is 2. The van der Waals surface area contributed by atoms with E-state index in [-0.39, 0.29) is 6.10 Å². The Morgan fingerprint density at radius 3 is 2.70 bits per heavy atom. The first kappa shape index (κ1) is 15.6. The van der Waals surface area contributed by atoms with E-state index in [4.69, 9.17) is 11.6 Å². The number of benzene rings is 1. The van der Waals surface area contributed by atoms with Gasteiger partial charge in [-0.25, -0.2) is 0 Å². The van der Waals surface area contributed by atoms with E-state index >= 15 is 0 Å². The minimum Gasteiger partial charge on any atom is -0.390 e. The molecule has 1 aliphatic heterocycles. The summed E-state index contributed by atoms with van der Waals surface area (Å²) in [5, 5.41) is 13.9. The number of likely N-dealkylation sites (N-methyl/N-ethyl adjacent to an activating group) is 1. The van der Waals surface area contributed by atoms with Crippen LogP contribution in [0, 0.1) is 0 Å². The molecule has 1 heterocycles. The Morgan fingerprint density at radius 1 is 1.30 bits per heavy atom. The Bertz CT molecular complexity index is 408. The first-order chi connectivity index (χ1) is 9.69. The van der Waals surface area contributed by atoms with Crippen LogP contribution in [0.15, 0.2) is 24.3 Å². The zero-order valence-electron chi connectivity index (χ0n) is 12.1.